The van der Waals surface area contributed by atoms with Gasteiger partial charge >= 0.3 is 0 Å². The molecule has 0 spiro atoms. The van der Waals surface area contributed by atoms with E-state index in [4.69, 9.17) is 0 Å². The third-order valence-corrected chi connectivity index (χ3v) is 3.42. The minimum atomic E-state index is -0.200. The first-order chi connectivity index (χ1) is 9.65. The Morgan fingerprint density at radius 2 is 2.15 bits per heavy atom. The second-order valence-electron chi connectivity index (χ2n) is 4.81. The molecule has 0 fully saturated rings. The van der Waals surface area contributed by atoms with Gasteiger partial charge in [0.2, 0.25) is 5.88 Å². The van der Waals surface area contributed by atoms with Crippen molar-refractivity contribution in [1.29, 1.82) is 0 Å². The minimum Gasteiger partial charge on any atom is -0.492 e. The summed E-state index contributed by atoms with van der Waals surface area (Å²) < 4.78 is 0. The van der Waals surface area contributed by atoms with Gasteiger partial charge < -0.3 is 5.11 Å². The molecule has 1 aromatic carbocycles. The maximum atomic E-state index is 11.7. The van der Waals surface area contributed by atoms with Crippen molar-refractivity contribution in [1.82, 2.24) is 9.89 Å². The molecule has 1 aromatic heterocycles. The summed E-state index contributed by atoms with van der Waals surface area (Å²) in [7, 11) is 0. The normalized spacial score (nSPS) is 17.6. The summed E-state index contributed by atoms with van der Waals surface area (Å²) in [6, 6.07) is 9.38. The third-order valence-electron chi connectivity index (χ3n) is 3.42. The molecule has 102 valence electrons. The lowest BCUT2D eigenvalue weighted by Gasteiger charge is -2.26. The number of para-hydroxylation sites is 1. The topological polar surface area (TPSA) is 58.4 Å². The molecule has 20 heavy (non-hydrogen) atoms. The van der Waals surface area contributed by atoms with Crippen LogP contribution in [0.5, 0.6) is 5.88 Å². The number of ketones is 1. The fraction of sp³-hybridized carbons (Fsp3) is 0.200. The van der Waals surface area contributed by atoms with E-state index < -0.39 is 0 Å². The first-order valence-corrected chi connectivity index (χ1v) is 6.45. The Morgan fingerprint density at radius 3 is 2.85 bits per heavy atom. The molecule has 2 heterocycles. The highest BCUT2D eigenvalue weighted by Crippen LogP contribution is 2.27. The summed E-state index contributed by atoms with van der Waals surface area (Å²) >= 11 is 0. The van der Waals surface area contributed by atoms with Crippen LogP contribution in [0.15, 0.2) is 42.6 Å². The highest BCUT2D eigenvalue weighted by atomic mass is 16.3. The van der Waals surface area contributed by atoms with Crippen molar-refractivity contribution in [3.8, 4) is 5.88 Å². The standard InChI is InChI=1S/C15H15N3O2/c1-11(19)13-7-6-12-4-2-3-5-14(12)17(10-13)18-9-8-15(20)16-18/h2-9,13H,10H2,1H3,(H,16,20). The van der Waals surface area contributed by atoms with Gasteiger partial charge in [-0.1, -0.05) is 30.4 Å². The van der Waals surface area contributed by atoms with E-state index in [1.165, 1.54) is 6.07 Å². The molecule has 0 radical (unpaired) electrons. The molecular weight excluding hydrogens is 254 g/mol. The van der Waals surface area contributed by atoms with Crippen LogP contribution in [-0.2, 0) is 4.79 Å². The summed E-state index contributed by atoms with van der Waals surface area (Å²) in [6.07, 6.45) is 5.56. The Hall–Kier alpha value is -2.56. The average Bonchev–Trinajstić information content (AvgIpc) is 2.76. The quantitative estimate of drug-likeness (QED) is 0.907. The van der Waals surface area contributed by atoms with Crippen LogP contribution in [-0.4, -0.2) is 27.3 Å². The number of carbonyl (C=O) groups is 1. The third kappa shape index (κ3) is 2.18. The van der Waals surface area contributed by atoms with E-state index in [1.807, 2.05) is 41.4 Å². The molecule has 1 aliphatic heterocycles. The van der Waals surface area contributed by atoms with Crippen molar-refractivity contribution in [2.75, 3.05) is 11.6 Å². The monoisotopic (exact) mass is 269 g/mol. The lowest BCUT2D eigenvalue weighted by Crippen LogP contribution is -2.36. The van der Waals surface area contributed by atoms with Crippen molar-refractivity contribution in [3.05, 3.63) is 48.2 Å². The Bertz CT molecular complexity index is 675. The molecular formula is C15H15N3O2. The Labute approximate surface area is 116 Å². The molecule has 1 aliphatic rings. The molecule has 1 unspecified atom stereocenters. The summed E-state index contributed by atoms with van der Waals surface area (Å²) in [4.78, 5) is 13.3. The van der Waals surface area contributed by atoms with Crippen LogP contribution in [0.4, 0.5) is 5.69 Å². The van der Waals surface area contributed by atoms with Crippen molar-refractivity contribution < 1.29 is 9.90 Å². The molecule has 5 nitrogen and oxygen atoms in total. The first kappa shape index (κ1) is 12.5. The van der Waals surface area contributed by atoms with Gasteiger partial charge in [0.1, 0.15) is 5.78 Å². The number of carbonyl (C=O) groups excluding carboxylic acids is 1. The molecule has 1 N–H and O–H groups in total. The van der Waals surface area contributed by atoms with E-state index in [0.717, 1.165) is 11.3 Å². The van der Waals surface area contributed by atoms with Gasteiger partial charge in [0.05, 0.1) is 24.3 Å². The zero-order chi connectivity index (χ0) is 14.1. The number of hydrogen-bond donors (Lipinski definition) is 1. The van der Waals surface area contributed by atoms with E-state index in [0.29, 0.717) is 6.54 Å². The van der Waals surface area contributed by atoms with Crippen LogP contribution in [0.3, 0.4) is 0 Å². The predicted molar refractivity (Wildman–Crippen MR) is 76.3 cm³/mol. The second-order valence-corrected chi connectivity index (χ2v) is 4.81. The van der Waals surface area contributed by atoms with Gasteiger partial charge in [-0.05, 0) is 18.6 Å². The van der Waals surface area contributed by atoms with Crippen molar-refractivity contribution in [2.24, 2.45) is 5.92 Å². The highest BCUT2D eigenvalue weighted by Gasteiger charge is 2.22. The van der Waals surface area contributed by atoms with E-state index in [1.54, 1.807) is 17.9 Å². The molecule has 0 aliphatic carbocycles. The van der Waals surface area contributed by atoms with Crippen LogP contribution >= 0.6 is 0 Å². The van der Waals surface area contributed by atoms with Gasteiger partial charge in [-0.25, -0.2) is 0 Å². The van der Waals surface area contributed by atoms with Gasteiger partial charge in [0.25, 0.3) is 0 Å². The zero-order valence-corrected chi connectivity index (χ0v) is 11.1. The number of aromatic nitrogens is 2. The van der Waals surface area contributed by atoms with E-state index in [2.05, 4.69) is 5.10 Å². The van der Waals surface area contributed by atoms with Crippen LogP contribution in [0.1, 0.15) is 12.5 Å². The van der Waals surface area contributed by atoms with E-state index >= 15 is 0 Å². The average molecular weight is 269 g/mol. The minimum absolute atomic E-state index is 0.0425. The Morgan fingerprint density at radius 1 is 1.35 bits per heavy atom. The lowest BCUT2D eigenvalue weighted by atomic mass is 10.1. The zero-order valence-electron chi connectivity index (χ0n) is 11.1. The van der Waals surface area contributed by atoms with Crippen molar-refractivity contribution >= 4 is 17.5 Å². The molecule has 3 rings (SSSR count). The lowest BCUT2D eigenvalue weighted by molar-refractivity contribution is -0.119. The molecule has 0 saturated carbocycles. The maximum absolute atomic E-state index is 11.7. The molecule has 0 amide bonds. The highest BCUT2D eigenvalue weighted by molar-refractivity contribution is 5.83. The fourth-order valence-corrected chi connectivity index (χ4v) is 2.33. The predicted octanol–water partition coefficient (Wildman–Crippen LogP) is 2.09. The summed E-state index contributed by atoms with van der Waals surface area (Å²) in [5.41, 5.74) is 1.97. The molecule has 1 atom stereocenters. The molecule has 5 heteroatoms. The van der Waals surface area contributed by atoms with E-state index in [-0.39, 0.29) is 17.6 Å². The number of fused-ring (bicyclic) bond motifs is 1. The van der Waals surface area contributed by atoms with Gasteiger partial charge in [0.15, 0.2) is 0 Å². The largest absolute Gasteiger partial charge is 0.492 e. The first-order valence-electron chi connectivity index (χ1n) is 6.45. The van der Waals surface area contributed by atoms with Crippen LogP contribution < -0.4 is 5.01 Å². The van der Waals surface area contributed by atoms with Gasteiger partial charge in [0, 0.05) is 6.07 Å². The molecule has 0 bridgehead atoms. The summed E-state index contributed by atoms with van der Waals surface area (Å²) in [5.74, 6) is -0.136. The van der Waals surface area contributed by atoms with Crippen LogP contribution in [0, 0.1) is 5.92 Å². The SMILES string of the molecule is CC(=O)C1C=Cc2ccccc2N(n2ccc(O)n2)C1. The number of benzene rings is 1. The number of anilines is 1. The Balaban J connectivity index is 2.09. The Kier molecular flexibility index (Phi) is 3.02. The van der Waals surface area contributed by atoms with Gasteiger partial charge in [-0.3, -0.25) is 9.80 Å². The van der Waals surface area contributed by atoms with Crippen LogP contribution in [0.2, 0.25) is 0 Å². The van der Waals surface area contributed by atoms with Crippen molar-refractivity contribution in [2.45, 2.75) is 6.92 Å². The number of nitrogens with zero attached hydrogens (tertiary/aromatic N) is 3. The molecule has 0 saturated heterocycles. The molecule has 2 aromatic rings. The maximum Gasteiger partial charge on any atom is 0.232 e. The van der Waals surface area contributed by atoms with Gasteiger partial charge in [-0.2, -0.15) is 4.79 Å². The summed E-state index contributed by atoms with van der Waals surface area (Å²) in [5, 5.41) is 15.4. The van der Waals surface area contributed by atoms with Gasteiger partial charge in [-0.15, -0.1) is 5.10 Å². The second kappa shape index (κ2) is 4.85. The number of hydrogen-bond acceptors (Lipinski definition) is 4. The number of aromatic hydroxyl groups is 1. The van der Waals surface area contributed by atoms with Crippen LogP contribution in [0.25, 0.3) is 6.08 Å². The van der Waals surface area contributed by atoms with E-state index in [9.17, 15) is 9.90 Å². The summed E-state index contributed by atoms with van der Waals surface area (Å²) in [6.45, 7) is 2.08. The fourth-order valence-electron chi connectivity index (χ4n) is 2.33. The van der Waals surface area contributed by atoms with Crippen molar-refractivity contribution in [3.63, 3.8) is 0 Å². The number of Topliss-reactive ketones (excluding diaryl/α,β-unsaturated/α-hetero) is 1. The number of rotatable bonds is 2. The smallest absolute Gasteiger partial charge is 0.232 e.